The molecule has 4 nitrogen and oxygen atoms in total. The first-order valence-corrected chi connectivity index (χ1v) is 7.13. The maximum absolute atomic E-state index is 12.2. The number of carbonyl (C=O) groups is 1. The van der Waals surface area contributed by atoms with E-state index >= 15 is 0 Å². The van der Waals surface area contributed by atoms with Crippen LogP contribution in [0.4, 0.5) is 13.2 Å². The summed E-state index contributed by atoms with van der Waals surface area (Å²) < 4.78 is 41.3. The Morgan fingerprint density at radius 3 is 2.91 bits per heavy atom. The summed E-state index contributed by atoms with van der Waals surface area (Å²) in [6.07, 6.45) is -2.62. The number of benzene rings is 1. The van der Waals surface area contributed by atoms with Gasteiger partial charge in [0.05, 0.1) is 6.04 Å². The van der Waals surface area contributed by atoms with Crippen LogP contribution in [0, 0.1) is 0 Å². The van der Waals surface area contributed by atoms with Gasteiger partial charge in [0.15, 0.2) is 6.61 Å². The Morgan fingerprint density at radius 2 is 2.23 bits per heavy atom. The molecule has 1 N–H and O–H groups in total. The molecule has 122 valence electrons. The van der Waals surface area contributed by atoms with Crippen molar-refractivity contribution in [2.24, 2.45) is 0 Å². The van der Waals surface area contributed by atoms with Gasteiger partial charge in [0.25, 0.3) is 0 Å². The fraction of sp³-hybridized carbons (Fsp3) is 0.533. The van der Waals surface area contributed by atoms with E-state index in [0.717, 1.165) is 24.9 Å². The molecule has 1 aliphatic heterocycles. The lowest BCUT2D eigenvalue weighted by Gasteiger charge is -2.23. The van der Waals surface area contributed by atoms with Gasteiger partial charge >= 0.3 is 6.18 Å². The van der Waals surface area contributed by atoms with Gasteiger partial charge in [-0.05, 0) is 37.1 Å². The summed E-state index contributed by atoms with van der Waals surface area (Å²) >= 11 is 0. The zero-order chi connectivity index (χ0) is 16.2. The standard InChI is InChI=1S/C15H19F3N2O2/c1-19-14(21)13-6-3-7-20(13)9-11-4-2-5-12(8-11)22-10-15(16,17)18/h2,4-5,8,13H,3,6-7,9-10H2,1H3,(H,19,21)/t13-/m1/s1. The molecular weight excluding hydrogens is 297 g/mol. The van der Waals surface area contributed by atoms with E-state index in [1.165, 1.54) is 6.07 Å². The van der Waals surface area contributed by atoms with Gasteiger partial charge in [0.2, 0.25) is 5.91 Å². The molecule has 1 atom stereocenters. The van der Waals surface area contributed by atoms with Gasteiger partial charge in [-0.15, -0.1) is 0 Å². The predicted octanol–water partition coefficient (Wildman–Crippen LogP) is 2.34. The molecule has 1 amide bonds. The number of nitrogens with one attached hydrogen (secondary N) is 1. The molecule has 0 aliphatic carbocycles. The Bertz CT molecular complexity index is 520. The maximum atomic E-state index is 12.2. The monoisotopic (exact) mass is 316 g/mol. The van der Waals surface area contributed by atoms with Crippen molar-refractivity contribution in [3.05, 3.63) is 29.8 Å². The highest BCUT2D eigenvalue weighted by Crippen LogP contribution is 2.23. The van der Waals surface area contributed by atoms with Crippen molar-refractivity contribution in [3.8, 4) is 5.75 Å². The number of hydrogen-bond donors (Lipinski definition) is 1. The Kier molecular flexibility index (Phi) is 5.28. The number of nitrogens with zero attached hydrogens (tertiary/aromatic N) is 1. The third-order valence-electron chi connectivity index (χ3n) is 3.60. The van der Waals surface area contributed by atoms with Crippen molar-refractivity contribution in [1.29, 1.82) is 0 Å². The molecule has 1 aromatic rings. The van der Waals surface area contributed by atoms with E-state index in [-0.39, 0.29) is 17.7 Å². The van der Waals surface area contributed by atoms with Crippen molar-refractivity contribution >= 4 is 5.91 Å². The number of likely N-dealkylation sites (N-methyl/N-ethyl adjacent to an activating group) is 1. The summed E-state index contributed by atoms with van der Waals surface area (Å²) in [5.41, 5.74) is 0.829. The lowest BCUT2D eigenvalue weighted by Crippen LogP contribution is -2.41. The minimum absolute atomic E-state index is 0.0259. The molecule has 1 aromatic carbocycles. The summed E-state index contributed by atoms with van der Waals surface area (Å²) in [4.78, 5) is 13.8. The van der Waals surface area contributed by atoms with Crippen molar-refractivity contribution in [2.75, 3.05) is 20.2 Å². The molecule has 1 fully saturated rings. The zero-order valence-corrected chi connectivity index (χ0v) is 12.3. The molecule has 0 spiro atoms. The fourth-order valence-electron chi connectivity index (χ4n) is 2.61. The molecule has 0 bridgehead atoms. The first kappa shape index (κ1) is 16.6. The molecule has 1 heterocycles. The van der Waals surface area contributed by atoms with E-state index in [2.05, 4.69) is 5.32 Å². The summed E-state index contributed by atoms with van der Waals surface area (Å²) in [6.45, 7) is 0.00800. The van der Waals surface area contributed by atoms with E-state index in [0.29, 0.717) is 6.54 Å². The number of alkyl halides is 3. The Hall–Kier alpha value is -1.76. The number of likely N-dealkylation sites (tertiary alicyclic amines) is 1. The third kappa shape index (κ3) is 4.62. The number of rotatable bonds is 5. The van der Waals surface area contributed by atoms with Crippen LogP contribution in [0.2, 0.25) is 0 Å². The van der Waals surface area contributed by atoms with Gasteiger partial charge in [0, 0.05) is 13.6 Å². The van der Waals surface area contributed by atoms with Gasteiger partial charge in [-0.25, -0.2) is 0 Å². The van der Waals surface area contributed by atoms with Crippen LogP contribution in [0.1, 0.15) is 18.4 Å². The first-order chi connectivity index (χ1) is 10.4. The second-order valence-electron chi connectivity index (χ2n) is 5.29. The molecule has 0 unspecified atom stereocenters. The minimum Gasteiger partial charge on any atom is -0.484 e. The van der Waals surface area contributed by atoms with Crippen LogP contribution in [-0.2, 0) is 11.3 Å². The van der Waals surface area contributed by atoms with Crippen molar-refractivity contribution < 1.29 is 22.7 Å². The van der Waals surface area contributed by atoms with E-state index in [1.54, 1.807) is 19.2 Å². The van der Waals surface area contributed by atoms with E-state index in [9.17, 15) is 18.0 Å². The molecule has 2 rings (SSSR count). The second-order valence-corrected chi connectivity index (χ2v) is 5.29. The van der Waals surface area contributed by atoms with Crippen LogP contribution in [0.25, 0.3) is 0 Å². The van der Waals surface area contributed by atoms with E-state index in [4.69, 9.17) is 4.74 Å². The van der Waals surface area contributed by atoms with Crippen LogP contribution >= 0.6 is 0 Å². The molecule has 22 heavy (non-hydrogen) atoms. The normalized spacial score (nSPS) is 19.2. The highest BCUT2D eigenvalue weighted by Gasteiger charge is 2.30. The molecule has 1 aliphatic rings. The molecule has 0 radical (unpaired) electrons. The van der Waals surface area contributed by atoms with Crippen LogP contribution in [0.15, 0.2) is 24.3 Å². The molecule has 1 saturated heterocycles. The van der Waals surface area contributed by atoms with Crippen LogP contribution in [-0.4, -0.2) is 43.2 Å². The third-order valence-corrected chi connectivity index (χ3v) is 3.60. The summed E-state index contributed by atoms with van der Waals surface area (Å²) in [7, 11) is 1.60. The molecular formula is C15H19F3N2O2. The number of halogens is 3. The van der Waals surface area contributed by atoms with Crippen LogP contribution in [0.5, 0.6) is 5.75 Å². The number of ether oxygens (including phenoxy) is 1. The SMILES string of the molecule is CNC(=O)[C@H]1CCCN1Cc1cccc(OCC(F)(F)F)c1. The summed E-state index contributed by atoms with van der Waals surface area (Å²) in [5.74, 6) is 0.160. The average molecular weight is 316 g/mol. The molecule has 0 saturated carbocycles. The van der Waals surface area contributed by atoms with Gasteiger partial charge in [-0.1, -0.05) is 12.1 Å². The first-order valence-electron chi connectivity index (χ1n) is 7.13. The summed E-state index contributed by atoms with van der Waals surface area (Å²) in [6, 6.07) is 6.39. The van der Waals surface area contributed by atoms with Gasteiger partial charge in [0.1, 0.15) is 5.75 Å². The van der Waals surface area contributed by atoms with Crippen molar-refractivity contribution in [1.82, 2.24) is 10.2 Å². The number of hydrogen-bond acceptors (Lipinski definition) is 3. The largest absolute Gasteiger partial charge is 0.484 e. The van der Waals surface area contributed by atoms with Gasteiger partial charge in [-0.3, -0.25) is 9.69 Å². The highest BCUT2D eigenvalue weighted by atomic mass is 19.4. The lowest BCUT2D eigenvalue weighted by atomic mass is 10.1. The van der Waals surface area contributed by atoms with Crippen molar-refractivity contribution in [2.45, 2.75) is 31.6 Å². The van der Waals surface area contributed by atoms with Crippen molar-refractivity contribution in [3.63, 3.8) is 0 Å². The Labute approximate surface area is 127 Å². The number of amides is 1. The minimum atomic E-state index is -4.35. The lowest BCUT2D eigenvalue weighted by molar-refractivity contribution is -0.153. The average Bonchev–Trinajstić information content (AvgIpc) is 2.92. The van der Waals surface area contributed by atoms with E-state index in [1.807, 2.05) is 11.0 Å². The number of carbonyl (C=O) groups excluding carboxylic acids is 1. The summed E-state index contributed by atoms with van der Waals surface area (Å²) in [5, 5.41) is 2.64. The van der Waals surface area contributed by atoms with Gasteiger partial charge in [-0.2, -0.15) is 13.2 Å². The molecule has 0 aromatic heterocycles. The second kappa shape index (κ2) is 7.00. The van der Waals surface area contributed by atoms with Gasteiger partial charge < -0.3 is 10.1 Å². The predicted molar refractivity (Wildman–Crippen MR) is 75.5 cm³/mol. The van der Waals surface area contributed by atoms with Crippen LogP contribution < -0.4 is 10.1 Å². The molecule has 7 heteroatoms. The topological polar surface area (TPSA) is 41.6 Å². The Morgan fingerprint density at radius 1 is 1.45 bits per heavy atom. The fourth-order valence-corrected chi connectivity index (χ4v) is 2.61. The maximum Gasteiger partial charge on any atom is 0.422 e. The zero-order valence-electron chi connectivity index (χ0n) is 12.3. The highest BCUT2D eigenvalue weighted by molar-refractivity contribution is 5.81. The van der Waals surface area contributed by atoms with Crippen LogP contribution in [0.3, 0.4) is 0 Å². The quantitative estimate of drug-likeness (QED) is 0.906. The smallest absolute Gasteiger partial charge is 0.422 e. The van der Waals surface area contributed by atoms with E-state index < -0.39 is 12.8 Å². The Balaban J connectivity index is 1.99.